The lowest BCUT2D eigenvalue weighted by Crippen LogP contribution is -2.32. The zero-order valence-electron chi connectivity index (χ0n) is 13.6. The molecule has 0 aliphatic rings. The normalized spacial score (nSPS) is 12.7. The number of carbonyl (C=O) groups excluding carboxylic acids is 1. The summed E-state index contributed by atoms with van der Waals surface area (Å²) in [4.78, 5) is 26.3. The minimum absolute atomic E-state index is 0.170. The second-order valence-electron chi connectivity index (χ2n) is 5.92. The molecule has 0 saturated heterocycles. The molecule has 0 aliphatic carbocycles. The number of aromatic nitrogens is 1. The van der Waals surface area contributed by atoms with E-state index < -0.39 is 6.04 Å². The van der Waals surface area contributed by atoms with Gasteiger partial charge < -0.3 is 14.2 Å². The van der Waals surface area contributed by atoms with E-state index in [1.807, 2.05) is 32.8 Å². The monoisotopic (exact) mass is 294 g/mol. The van der Waals surface area contributed by atoms with Crippen molar-refractivity contribution in [2.45, 2.75) is 39.8 Å². The first-order valence-electron chi connectivity index (χ1n) is 7.37. The van der Waals surface area contributed by atoms with E-state index in [0.717, 1.165) is 12.1 Å². The van der Waals surface area contributed by atoms with E-state index in [0.29, 0.717) is 18.9 Å². The van der Waals surface area contributed by atoms with E-state index in [9.17, 15) is 9.59 Å². The van der Waals surface area contributed by atoms with Gasteiger partial charge in [0.15, 0.2) is 0 Å². The molecule has 118 valence electrons. The number of carbonyl (C=O) groups is 1. The van der Waals surface area contributed by atoms with Gasteiger partial charge in [-0.2, -0.15) is 0 Å². The average Bonchev–Trinajstić information content (AvgIpc) is 2.38. The maximum absolute atomic E-state index is 12.2. The van der Waals surface area contributed by atoms with Gasteiger partial charge in [0.05, 0.1) is 6.61 Å². The standard InChI is InChI=1S/C16H26N2O3/c1-6-21-16(20)14(9-12(2)3)18-11-13(10-17(4)5)7-8-15(18)19/h7-8,11-12,14H,6,9-10H2,1-5H3. The van der Waals surface area contributed by atoms with E-state index in [1.165, 1.54) is 10.6 Å². The molecule has 0 N–H and O–H groups in total. The zero-order valence-corrected chi connectivity index (χ0v) is 13.6. The van der Waals surface area contributed by atoms with Crippen molar-refractivity contribution < 1.29 is 9.53 Å². The highest BCUT2D eigenvalue weighted by atomic mass is 16.5. The Morgan fingerprint density at radius 3 is 2.52 bits per heavy atom. The van der Waals surface area contributed by atoms with Crippen LogP contribution in [-0.4, -0.2) is 36.1 Å². The topological polar surface area (TPSA) is 51.5 Å². The van der Waals surface area contributed by atoms with E-state index in [4.69, 9.17) is 4.74 Å². The van der Waals surface area contributed by atoms with Gasteiger partial charge in [-0.05, 0) is 38.9 Å². The van der Waals surface area contributed by atoms with Crippen LogP contribution in [0.1, 0.15) is 38.8 Å². The molecule has 5 nitrogen and oxygen atoms in total. The smallest absolute Gasteiger partial charge is 0.329 e. The fourth-order valence-electron chi connectivity index (χ4n) is 2.26. The highest BCUT2D eigenvalue weighted by molar-refractivity contribution is 5.74. The highest BCUT2D eigenvalue weighted by Crippen LogP contribution is 2.18. The molecule has 0 spiro atoms. The third-order valence-corrected chi connectivity index (χ3v) is 3.09. The van der Waals surface area contributed by atoms with Crippen molar-refractivity contribution in [1.82, 2.24) is 9.47 Å². The molecule has 0 fully saturated rings. The van der Waals surface area contributed by atoms with Gasteiger partial charge in [-0.15, -0.1) is 0 Å². The van der Waals surface area contributed by atoms with Crippen molar-refractivity contribution in [1.29, 1.82) is 0 Å². The molecule has 0 aliphatic heterocycles. The first-order valence-corrected chi connectivity index (χ1v) is 7.37. The first kappa shape index (κ1) is 17.4. The van der Waals surface area contributed by atoms with Gasteiger partial charge in [0.1, 0.15) is 6.04 Å². The quantitative estimate of drug-likeness (QED) is 0.722. The number of hydrogen-bond donors (Lipinski definition) is 0. The predicted octanol–water partition coefficient (Wildman–Crippen LogP) is 2.06. The zero-order chi connectivity index (χ0) is 16.0. The number of esters is 1. The van der Waals surface area contributed by atoms with Crippen molar-refractivity contribution in [2.75, 3.05) is 20.7 Å². The number of nitrogens with zero attached hydrogens (tertiary/aromatic N) is 2. The maximum Gasteiger partial charge on any atom is 0.329 e. The van der Waals surface area contributed by atoms with E-state index >= 15 is 0 Å². The SMILES string of the molecule is CCOC(=O)C(CC(C)C)n1cc(CN(C)C)ccc1=O. The molecule has 21 heavy (non-hydrogen) atoms. The Hall–Kier alpha value is -1.62. The molecular formula is C16H26N2O3. The lowest BCUT2D eigenvalue weighted by atomic mass is 10.0. The summed E-state index contributed by atoms with van der Waals surface area (Å²) in [5, 5.41) is 0. The molecule has 1 heterocycles. The predicted molar refractivity (Wildman–Crippen MR) is 83.2 cm³/mol. The van der Waals surface area contributed by atoms with Crippen LogP contribution in [0.5, 0.6) is 0 Å². The molecule has 0 saturated carbocycles. The summed E-state index contributed by atoms with van der Waals surface area (Å²) >= 11 is 0. The van der Waals surface area contributed by atoms with Gasteiger partial charge in [-0.1, -0.05) is 19.9 Å². The highest BCUT2D eigenvalue weighted by Gasteiger charge is 2.24. The van der Waals surface area contributed by atoms with Crippen molar-refractivity contribution in [3.63, 3.8) is 0 Å². The lowest BCUT2D eigenvalue weighted by molar-refractivity contribution is -0.147. The average molecular weight is 294 g/mol. The van der Waals surface area contributed by atoms with Crippen LogP contribution >= 0.6 is 0 Å². The molecule has 5 heteroatoms. The fraction of sp³-hybridized carbons (Fsp3) is 0.625. The summed E-state index contributed by atoms with van der Waals surface area (Å²) in [5.74, 6) is -0.0425. The number of rotatable bonds is 7. The lowest BCUT2D eigenvalue weighted by Gasteiger charge is -2.21. The first-order chi connectivity index (χ1) is 9.85. The Kier molecular flexibility index (Phi) is 6.62. The van der Waals surface area contributed by atoms with Crippen molar-refractivity contribution >= 4 is 5.97 Å². The molecule has 1 rings (SSSR count). The van der Waals surface area contributed by atoms with Crippen LogP contribution in [-0.2, 0) is 16.1 Å². The summed E-state index contributed by atoms with van der Waals surface area (Å²) < 4.78 is 6.64. The molecule has 1 aromatic rings. The third-order valence-electron chi connectivity index (χ3n) is 3.09. The Morgan fingerprint density at radius 1 is 1.33 bits per heavy atom. The summed E-state index contributed by atoms with van der Waals surface area (Å²) in [5.41, 5.74) is 0.828. The van der Waals surface area contributed by atoms with E-state index in [2.05, 4.69) is 0 Å². The minimum atomic E-state index is -0.556. The number of hydrogen-bond acceptors (Lipinski definition) is 4. The molecule has 0 aromatic carbocycles. The van der Waals surface area contributed by atoms with Gasteiger partial charge in [-0.3, -0.25) is 4.79 Å². The van der Waals surface area contributed by atoms with Crippen LogP contribution in [0, 0.1) is 5.92 Å². The van der Waals surface area contributed by atoms with Crippen LogP contribution in [0.15, 0.2) is 23.1 Å². The van der Waals surface area contributed by atoms with Crippen LogP contribution in [0.3, 0.4) is 0 Å². The van der Waals surface area contributed by atoms with Crippen molar-refractivity contribution in [3.8, 4) is 0 Å². The Balaban J connectivity index is 3.16. The Labute approximate surface area is 126 Å². The molecule has 0 amide bonds. The number of pyridine rings is 1. The summed E-state index contributed by atoms with van der Waals surface area (Å²) in [6, 6.07) is 2.77. The van der Waals surface area contributed by atoms with Crippen LogP contribution in [0.2, 0.25) is 0 Å². The fourth-order valence-corrected chi connectivity index (χ4v) is 2.26. The molecule has 1 aromatic heterocycles. The van der Waals surface area contributed by atoms with Crippen LogP contribution < -0.4 is 5.56 Å². The van der Waals surface area contributed by atoms with Crippen LogP contribution in [0.25, 0.3) is 0 Å². The molecule has 0 radical (unpaired) electrons. The molecule has 1 atom stereocenters. The third kappa shape index (κ3) is 5.34. The Bertz CT molecular complexity index is 520. The maximum atomic E-state index is 12.2. The summed E-state index contributed by atoms with van der Waals surface area (Å²) in [7, 11) is 3.93. The van der Waals surface area contributed by atoms with Gasteiger partial charge in [0.2, 0.25) is 0 Å². The molecule has 1 unspecified atom stereocenters. The van der Waals surface area contributed by atoms with Gasteiger partial charge >= 0.3 is 5.97 Å². The van der Waals surface area contributed by atoms with Crippen molar-refractivity contribution in [3.05, 3.63) is 34.2 Å². The Morgan fingerprint density at radius 2 is 2.00 bits per heavy atom. The largest absolute Gasteiger partial charge is 0.464 e. The van der Waals surface area contributed by atoms with Gasteiger partial charge in [-0.25, -0.2) is 4.79 Å². The van der Waals surface area contributed by atoms with E-state index in [1.54, 1.807) is 19.2 Å². The number of ether oxygens (including phenoxy) is 1. The van der Waals surface area contributed by atoms with Gasteiger partial charge in [0, 0.05) is 18.8 Å². The minimum Gasteiger partial charge on any atom is -0.464 e. The summed E-state index contributed by atoms with van der Waals surface area (Å²) in [6.07, 6.45) is 2.36. The molecular weight excluding hydrogens is 268 g/mol. The molecule has 0 bridgehead atoms. The van der Waals surface area contributed by atoms with E-state index in [-0.39, 0.29) is 11.5 Å². The van der Waals surface area contributed by atoms with Crippen molar-refractivity contribution in [2.24, 2.45) is 5.92 Å². The van der Waals surface area contributed by atoms with Crippen LogP contribution in [0.4, 0.5) is 0 Å². The van der Waals surface area contributed by atoms with Gasteiger partial charge in [0.25, 0.3) is 5.56 Å². The summed E-state index contributed by atoms with van der Waals surface area (Å²) in [6.45, 7) is 6.87. The second kappa shape index (κ2) is 7.98. The second-order valence-corrected chi connectivity index (χ2v) is 5.92.